The van der Waals surface area contributed by atoms with Crippen LogP contribution in [0.2, 0.25) is 0 Å². The molecule has 4 fully saturated rings. The molecule has 2 amide bonds. The van der Waals surface area contributed by atoms with E-state index >= 15 is 0 Å². The van der Waals surface area contributed by atoms with Crippen molar-refractivity contribution >= 4 is 18.0 Å². The second-order valence-corrected chi connectivity index (χ2v) is 10.3. The summed E-state index contributed by atoms with van der Waals surface area (Å²) < 4.78 is 42.2. The molecule has 176 valence electrons. The van der Waals surface area contributed by atoms with Gasteiger partial charge in [0.15, 0.2) is 5.69 Å². The summed E-state index contributed by atoms with van der Waals surface area (Å²) in [5.74, 6) is -0.536. The average molecular weight is 454 g/mol. The van der Waals surface area contributed by atoms with Crippen molar-refractivity contribution in [2.45, 2.75) is 76.2 Å². The van der Waals surface area contributed by atoms with Gasteiger partial charge in [0.05, 0.1) is 22.9 Å². The van der Waals surface area contributed by atoms with Gasteiger partial charge in [0.2, 0.25) is 5.91 Å². The van der Waals surface area contributed by atoms with Crippen LogP contribution in [0.25, 0.3) is 6.20 Å². The predicted molar refractivity (Wildman–Crippen MR) is 110 cm³/mol. The fourth-order valence-corrected chi connectivity index (χ4v) is 6.12. The number of nitrogens with zero attached hydrogens (tertiary/aromatic N) is 2. The SMILES string of the molecule is CC(=O)NC(C)(C)/C=C/n1ncc(C(=O)NC2C3CC4CC2CC(O)(C4)C3)c1C(F)(F)F. The smallest absolute Gasteiger partial charge is 0.390 e. The molecule has 4 aliphatic carbocycles. The topological polar surface area (TPSA) is 96.2 Å². The number of hydrogen-bond acceptors (Lipinski definition) is 4. The normalized spacial score (nSPS) is 31.8. The van der Waals surface area contributed by atoms with E-state index in [4.69, 9.17) is 0 Å². The van der Waals surface area contributed by atoms with Crippen molar-refractivity contribution in [3.8, 4) is 0 Å². The zero-order chi connectivity index (χ0) is 23.5. The minimum Gasteiger partial charge on any atom is -0.390 e. The lowest BCUT2D eigenvalue weighted by atomic mass is 9.52. The van der Waals surface area contributed by atoms with E-state index in [2.05, 4.69) is 15.7 Å². The Morgan fingerprint density at radius 3 is 2.38 bits per heavy atom. The quantitative estimate of drug-likeness (QED) is 0.638. The molecule has 10 heteroatoms. The Bertz CT molecular complexity index is 937. The van der Waals surface area contributed by atoms with Crippen LogP contribution in [0.5, 0.6) is 0 Å². The van der Waals surface area contributed by atoms with E-state index in [9.17, 15) is 27.9 Å². The van der Waals surface area contributed by atoms with Gasteiger partial charge in [0.1, 0.15) is 0 Å². The maximum absolute atomic E-state index is 13.9. The van der Waals surface area contributed by atoms with Crippen LogP contribution >= 0.6 is 0 Å². The summed E-state index contributed by atoms with van der Waals surface area (Å²) in [6.45, 7) is 4.58. The first kappa shape index (κ1) is 22.8. The fourth-order valence-electron chi connectivity index (χ4n) is 6.12. The van der Waals surface area contributed by atoms with Crippen LogP contribution in [0.1, 0.15) is 68.9 Å². The standard InChI is InChI=1S/C22H29F3N4O3/c1-12(30)28-20(2,3)4-5-29-18(22(23,24)25)16(11-26-29)19(31)27-17-14-6-13-7-15(17)10-21(32,8-13)9-14/h4-5,11,13-15,17,32H,6-10H2,1-3H3,(H,27,31)(H,28,30)/b5-4+. The highest BCUT2D eigenvalue weighted by Crippen LogP contribution is 2.55. The van der Waals surface area contributed by atoms with Crippen LogP contribution in [-0.2, 0) is 11.0 Å². The van der Waals surface area contributed by atoms with E-state index in [1.54, 1.807) is 13.8 Å². The molecule has 3 N–H and O–H groups in total. The van der Waals surface area contributed by atoms with Gasteiger partial charge < -0.3 is 15.7 Å². The number of rotatable bonds is 5. The average Bonchev–Trinajstić information content (AvgIpc) is 3.05. The summed E-state index contributed by atoms with van der Waals surface area (Å²) in [6, 6.07) is -0.238. The lowest BCUT2D eigenvalue weighted by Crippen LogP contribution is -2.61. The molecule has 0 saturated heterocycles. The molecule has 0 radical (unpaired) electrons. The molecule has 1 heterocycles. The molecule has 0 aliphatic heterocycles. The van der Waals surface area contributed by atoms with E-state index < -0.39 is 34.5 Å². The lowest BCUT2D eigenvalue weighted by Gasteiger charge is -2.58. The molecular weight excluding hydrogens is 425 g/mol. The molecule has 4 aliphatic rings. The summed E-state index contributed by atoms with van der Waals surface area (Å²) in [5.41, 5.74) is -3.28. The minimum atomic E-state index is -4.80. The van der Waals surface area contributed by atoms with Gasteiger partial charge in [-0.05, 0) is 69.8 Å². The molecule has 1 aromatic rings. The van der Waals surface area contributed by atoms with Crippen LogP contribution in [0.15, 0.2) is 12.3 Å². The predicted octanol–water partition coefficient (Wildman–Crippen LogP) is 2.96. The number of hydrogen-bond donors (Lipinski definition) is 3. The first-order valence-corrected chi connectivity index (χ1v) is 10.9. The molecule has 2 unspecified atom stereocenters. The number of aliphatic hydroxyl groups is 1. The van der Waals surface area contributed by atoms with Crippen molar-refractivity contribution in [1.29, 1.82) is 0 Å². The number of nitrogens with one attached hydrogen (secondary N) is 2. The van der Waals surface area contributed by atoms with E-state index in [1.807, 2.05) is 0 Å². The molecule has 7 nitrogen and oxygen atoms in total. The molecule has 5 rings (SSSR count). The summed E-state index contributed by atoms with van der Waals surface area (Å²) in [4.78, 5) is 24.2. The van der Waals surface area contributed by atoms with Gasteiger partial charge in [-0.25, -0.2) is 4.68 Å². The zero-order valence-electron chi connectivity index (χ0n) is 18.4. The van der Waals surface area contributed by atoms with Gasteiger partial charge in [-0.15, -0.1) is 0 Å². The summed E-state index contributed by atoms with van der Waals surface area (Å²) in [5, 5.41) is 19.9. The highest BCUT2D eigenvalue weighted by molar-refractivity contribution is 5.95. The maximum Gasteiger partial charge on any atom is 0.434 e. The molecule has 4 bridgehead atoms. The van der Waals surface area contributed by atoms with Crippen LogP contribution in [0, 0.1) is 17.8 Å². The van der Waals surface area contributed by atoms with Crippen LogP contribution in [0.3, 0.4) is 0 Å². The van der Waals surface area contributed by atoms with Crippen LogP contribution in [-0.4, -0.2) is 43.9 Å². The van der Waals surface area contributed by atoms with E-state index in [-0.39, 0.29) is 23.8 Å². The Kier molecular flexibility index (Phi) is 5.42. The summed E-state index contributed by atoms with van der Waals surface area (Å²) >= 11 is 0. The summed E-state index contributed by atoms with van der Waals surface area (Å²) in [7, 11) is 0. The molecule has 4 saturated carbocycles. The van der Waals surface area contributed by atoms with E-state index in [1.165, 1.54) is 13.0 Å². The van der Waals surface area contributed by atoms with Crippen molar-refractivity contribution < 1.29 is 27.9 Å². The summed E-state index contributed by atoms with van der Waals surface area (Å²) in [6.07, 6.45) is 2.33. The Labute approximate surface area is 184 Å². The molecule has 0 aromatic carbocycles. The minimum absolute atomic E-state index is 0.0814. The molecule has 2 atom stereocenters. The van der Waals surface area contributed by atoms with Crippen molar-refractivity contribution in [3.05, 3.63) is 23.5 Å². The Morgan fingerprint density at radius 1 is 1.22 bits per heavy atom. The first-order valence-electron chi connectivity index (χ1n) is 10.9. The van der Waals surface area contributed by atoms with Gasteiger partial charge in [-0.3, -0.25) is 9.59 Å². The van der Waals surface area contributed by atoms with Gasteiger partial charge >= 0.3 is 6.18 Å². The van der Waals surface area contributed by atoms with Crippen LogP contribution in [0.4, 0.5) is 13.2 Å². The van der Waals surface area contributed by atoms with E-state index in [0.29, 0.717) is 23.4 Å². The van der Waals surface area contributed by atoms with Crippen molar-refractivity contribution in [1.82, 2.24) is 20.4 Å². The zero-order valence-corrected chi connectivity index (χ0v) is 18.4. The highest BCUT2D eigenvalue weighted by atomic mass is 19.4. The molecular formula is C22H29F3N4O3. The largest absolute Gasteiger partial charge is 0.434 e. The number of amides is 2. The van der Waals surface area contributed by atoms with Gasteiger partial charge in [-0.2, -0.15) is 18.3 Å². The Hall–Kier alpha value is -2.36. The van der Waals surface area contributed by atoms with Gasteiger partial charge in [0.25, 0.3) is 5.91 Å². The van der Waals surface area contributed by atoms with Crippen molar-refractivity contribution in [3.63, 3.8) is 0 Å². The second kappa shape index (κ2) is 7.60. The van der Waals surface area contributed by atoms with Gasteiger partial charge in [-0.1, -0.05) is 0 Å². The Morgan fingerprint density at radius 2 is 1.84 bits per heavy atom. The van der Waals surface area contributed by atoms with Crippen LogP contribution < -0.4 is 10.6 Å². The molecule has 32 heavy (non-hydrogen) atoms. The lowest BCUT2D eigenvalue weighted by molar-refractivity contribution is -0.143. The number of carbonyl (C=O) groups excluding carboxylic acids is 2. The van der Waals surface area contributed by atoms with E-state index in [0.717, 1.165) is 31.7 Å². The van der Waals surface area contributed by atoms with Crippen molar-refractivity contribution in [2.24, 2.45) is 17.8 Å². The third kappa shape index (κ3) is 4.42. The van der Waals surface area contributed by atoms with Gasteiger partial charge in [0, 0.05) is 19.2 Å². The van der Waals surface area contributed by atoms with Crippen molar-refractivity contribution in [2.75, 3.05) is 0 Å². The number of aromatic nitrogens is 2. The highest BCUT2D eigenvalue weighted by Gasteiger charge is 2.55. The fraction of sp³-hybridized carbons (Fsp3) is 0.682. The number of carbonyl (C=O) groups is 2. The monoisotopic (exact) mass is 454 g/mol. The Balaban J connectivity index is 1.56. The first-order chi connectivity index (χ1) is 14.8. The molecule has 1 aromatic heterocycles. The third-order valence-corrected chi connectivity index (χ3v) is 6.98. The number of halogens is 3. The maximum atomic E-state index is 13.9. The third-order valence-electron chi connectivity index (χ3n) is 6.98. The second-order valence-electron chi connectivity index (χ2n) is 10.3. The molecule has 0 spiro atoms. The number of alkyl halides is 3.